The van der Waals surface area contributed by atoms with Crippen molar-refractivity contribution in [2.75, 3.05) is 6.54 Å². The lowest BCUT2D eigenvalue weighted by Crippen LogP contribution is -2.30. The minimum Gasteiger partial charge on any atom is -0.265 e. The molecule has 80 valence electrons. The van der Waals surface area contributed by atoms with Crippen molar-refractivity contribution in [1.29, 1.82) is 0 Å². The predicted octanol–water partition coefficient (Wildman–Crippen LogP) is 2.80. The molecule has 0 N–H and O–H groups in total. The maximum absolute atomic E-state index is 10.6. The van der Waals surface area contributed by atoms with Crippen molar-refractivity contribution >= 4 is 0 Å². The molecule has 0 bridgehead atoms. The van der Waals surface area contributed by atoms with Gasteiger partial charge in [0, 0.05) is 4.92 Å². The standard InChI is InChI=1S/C12H15NO2/c1-3-9-12(2,10-13(14)15)11-7-5-4-6-8-11/h3-8H,1,9-10H2,2H3. The Kier molecular flexibility index (Phi) is 3.61. The topological polar surface area (TPSA) is 43.1 Å². The molecule has 0 radical (unpaired) electrons. The molecule has 0 aliphatic rings. The average molecular weight is 205 g/mol. The second-order valence-electron chi connectivity index (χ2n) is 3.91. The number of rotatable bonds is 5. The fraction of sp³-hybridized carbons (Fsp3) is 0.333. The largest absolute Gasteiger partial charge is 0.265 e. The Hall–Kier alpha value is -1.64. The van der Waals surface area contributed by atoms with Crippen LogP contribution in [0.1, 0.15) is 18.9 Å². The summed E-state index contributed by atoms with van der Waals surface area (Å²) in [6, 6.07) is 9.55. The number of nitro groups is 1. The first kappa shape index (κ1) is 11.4. The Balaban J connectivity index is 3.00. The highest BCUT2D eigenvalue weighted by molar-refractivity contribution is 5.25. The van der Waals surface area contributed by atoms with Crippen molar-refractivity contribution in [3.05, 3.63) is 58.7 Å². The zero-order valence-corrected chi connectivity index (χ0v) is 8.85. The number of hydrogen-bond acceptors (Lipinski definition) is 2. The van der Waals surface area contributed by atoms with Crippen LogP contribution in [-0.4, -0.2) is 11.5 Å². The van der Waals surface area contributed by atoms with Gasteiger partial charge in [0.25, 0.3) is 0 Å². The van der Waals surface area contributed by atoms with Crippen LogP contribution in [0, 0.1) is 10.1 Å². The molecule has 1 aromatic carbocycles. The van der Waals surface area contributed by atoms with E-state index in [1.54, 1.807) is 6.08 Å². The number of benzene rings is 1. The molecular formula is C12H15NO2. The monoisotopic (exact) mass is 205 g/mol. The molecule has 0 amide bonds. The zero-order chi connectivity index (χ0) is 11.3. The van der Waals surface area contributed by atoms with Gasteiger partial charge in [0.15, 0.2) is 0 Å². The summed E-state index contributed by atoms with van der Waals surface area (Å²) in [5, 5.41) is 10.6. The van der Waals surface area contributed by atoms with Crippen LogP contribution in [0.3, 0.4) is 0 Å². The third-order valence-corrected chi connectivity index (χ3v) is 2.54. The summed E-state index contributed by atoms with van der Waals surface area (Å²) in [7, 11) is 0. The van der Waals surface area contributed by atoms with E-state index in [0.717, 1.165) is 5.56 Å². The van der Waals surface area contributed by atoms with Crippen LogP contribution in [0.25, 0.3) is 0 Å². The Morgan fingerprint density at radius 2 is 2.07 bits per heavy atom. The second kappa shape index (κ2) is 4.73. The van der Waals surface area contributed by atoms with Gasteiger partial charge < -0.3 is 0 Å². The summed E-state index contributed by atoms with van der Waals surface area (Å²) in [5.41, 5.74) is 0.536. The van der Waals surface area contributed by atoms with Gasteiger partial charge in [-0.2, -0.15) is 0 Å². The molecule has 1 unspecified atom stereocenters. The van der Waals surface area contributed by atoms with Gasteiger partial charge in [0.05, 0.1) is 5.41 Å². The van der Waals surface area contributed by atoms with Gasteiger partial charge in [-0.25, -0.2) is 0 Å². The minimum atomic E-state index is -0.452. The number of allylic oxidation sites excluding steroid dienone is 1. The second-order valence-corrected chi connectivity index (χ2v) is 3.91. The number of hydrogen-bond donors (Lipinski definition) is 0. The van der Waals surface area contributed by atoms with Crippen molar-refractivity contribution in [3.8, 4) is 0 Å². The van der Waals surface area contributed by atoms with Crippen molar-refractivity contribution < 1.29 is 4.92 Å². The molecule has 0 aliphatic heterocycles. The highest BCUT2D eigenvalue weighted by Crippen LogP contribution is 2.27. The van der Waals surface area contributed by atoms with E-state index in [2.05, 4.69) is 6.58 Å². The van der Waals surface area contributed by atoms with Crippen LogP contribution in [0.15, 0.2) is 43.0 Å². The van der Waals surface area contributed by atoms with Crippen LogP contribution in [-0.2, 0) is 5.41 Å². The summed E-state index contributed by atoms with van der Waals surface area (Å²) in [4.78, 5) is 10.4. The van der Waals surface area contributed by atoms with Gasteiger partial charge in [0.2, 0.25) is 6.54 Å². The lowest BCUT2D eigenvalue weighted by atomic mass is 9.79. The van der Waals surface area contributed by atoms with Crippen LogP contribution >= 0.6 is 0 Å². The van der Waals surface area contributed by atoms with E-state index in [0.29, 0.717) is 6.42 Å². The molecule has 0 aromatic heterocycles. The molecule has 0 heterocycles. The van der Waals surface area contributed by atoms with Gasteiger partial charge in [-0.3, -0.25) is 10.1 Å². The summed E-state index contributed by atoms with van der Waals surface area (Å²) < 4.78 is 0. The van der Waals surface area contributed by atoms with Crippen molar-refractivity contribution in [3.63, 3.8) is 0 Å². The molecule has 15 heavy (non-hydrogen) atoms. The first-order valence-electron chi connectivity index (χ1n) is 4.87. The third kappa shape index (κ3) is 2.91. The lowest BCUT2D eigenvalue weighted by Gasteiger charge is -2.24. The van der Waals surface area contributed by atoms with Crippen LogP contribution in [0.4, 0.5) is 0 Å². The fourth-order valence-corrected chi connectivity index (χ4v) is 1.72. The summed E-state index contributed by atoms with van der Waals surface area (Å²) >= 11 is 0. The molecule has 0 aliphatic carbocycles. The SMILES string of the molecule is C=CCC(C)(C[N+](=O)[O-])c1ccccc1. The van der Waals surface area contributed by atoms with Crippen molar-refractivity contribution in [2.45, 2.75) is 18.8 Å². The van der Waals surface area contributed by atoms with E-state index in [4.69, 9.17) is 0 Å². The summed E-state index contributed by atoms with van der Waals surface area (Å²) in [5.74, 6) is 0. The summed E-state index contributed by atoms with van der Waals surface area (Å²) in [6.45, 7) is 5.49. The molecular weight excluding hydrogens is 190 g/mol. The Morgan fingerprint density at radius 1 is 1.47 bits per heavy atom. The molecule has 3 nitrogen and oxygen atoms in total. The van der Waals surface area contributed by atoms with Crippen molar-refractivity contribution in [2.24, 2.45) is 0 Å². The van der Waals surface area contributed by atoms with E-state index < -0.39 is 5.41 Å². The Morgan fingerprint density at radius 3 is 2.53 bits per heavy atom. The predicted molar refractivity (Wildman–Crippen MR) is 60.5 cm³/mol. The molecule has 1 atom stereocenters. The molecule has 1 rings (SSSR count). The highest BCUT2D eigenvalue weighted by Gasteiger charge is 2.30. The first-order valence-corrected chi connectivity index (χ1v) is 4.87. The summed E-state index contributed by atoms with van der Waals surface area (Å²) in [6.07, 6.45) is 2.34. The van der Waals surface area contributed by atoms with E-state index in [-0.39, 0.29) is 11.5 Å². The average Bonchev–Trinajstić information content (AvgIpc) is 2.18. The Bertz CT molecular complexity index is 348. The van der Waals surface area contributed by atoms with E-state index in [1.165, 1.54) is 0 Å². The minimum absolute atomic E-state index is 0.0664. The third-order valence-electron chi connectivity index (χ3n) is 2.54. The lowest BCUT2D eigenvalue weighted by molar-refractivity contribution is -0.490. The van der Waals surface area contributed by atoms with Gasteiger partial charge >= 0.3 is 0 Å². The van der Waals surface area contributed by atoms with E-state index >= 15 is 0 Å². The molecule has 0 fully saturated rings. The van der Waals surface area contributed by atoms with Gasteiger partial charge in [-0.15, -0.1) is 6.58 Å². The first-order chi connectivity index (χ1) is 7.08. The smallest absolute Gasteiger partial charge is 0.213 e. The Labute approximate surface area is 89.6 Å². The molecule has 0 spiro atoms. The van der Waals surface area contributed by atoms with E-state index in [9.17, 15) is 10.1 Å². The zero-order valence-electron chi connectivity index (χ0n) is 8.85. The highest BCUT2D eigenvalue weighted by atomic mass is 16.6. The molecule has 3 heteroatoms. The van der Waals surface area contributed by atoms with Crippen LogP contribution < -0.4 is 0 Å². The quantitative estimate of drug-likeness (QED) is 0.421. The van der Waals surface area contributed by atoms with Crippen LogP contribution in [0.5, 0.6) is 0 Å². The molecule has 0 saturated heterocycles. The van der Waals surface area contributed by atoms with E-state index in [1.807, 2.05) is 37.3 Å². The molecule has 1 aromatic rings. The maximum atomic E-state index is 10.6. The normalized spacial score (nSPS) is 14.2. The van der Waals surface area contributed by atoms with Crippen molar-refractivity contribution in [1.82, 2.24) is 0 Å². The molecule has 0 saturated carbocycles. The van der Waals surface area contributed by atoms with Gasteiger partial charge in [0.1, 0.15) is 0 Å². The number of nitrogens with zero attached hydrogens (tertiary/aromatic N) is 1. The van der Waals surface area contributed by atoms with Crippen LogP contribution in [0.2, 0.25) is 0 Å². The van der Waals surface area contributed by atoms with Gasteiger partial charge in [-0.1, -0.05) is 36.4 Å². The maximum Gasteiger partial charge on any atom is 0.213 e. The fourth-order valence-electron chi connectivity index (χ4n) is 1.72. The van der Waals surface area contributed by atoms with Gasteiger partial charge in [-0.05, 0) is 18.9 Å².